The van der Waals surface area contributed by atoms with Crippen molar-refractivity contribution in [2.24, 2.45) is 0 Å². The number of hydrogen-bond donors (Lipinski definition) is 2. The van der Waals surface area contributed by atoms with E-state index < -0.39 is 29.2 Å². The Balaban J connectivity index is 1.82. The largest absolute Gasteiger partial charge is 0.490 e. The number of nitrogens with one attached hydrogen (secondary N) is 2. The third-order valence-electron chi connectivity index (χ3n) is 3.02. The Morgan fingerprint density at radius 3 is 2.67 bits per heavy atom. The van der Waals surface area contributed by atoms with E-state index in [4.69, 9.17) is 16.3 Å². The third-order valence-corrected chi connectivity index (χ3v) is 3.33. The van der Waals surface area contributed by atoms with Gasteiger partial charge in [0.2, 0.25) is 0 Å². The highest BCUT2D eigenvalue weighted by atomic mass is 35.5. The molecule has 4 nitrogen and oxygen atoms in total. The number of carbonyl (C=O) groups excluding carboxylic acids is 1. The van der Waals surface area contributed by atoms with Crippen molar-refractivity contribution in [1.29, 1.82) is 0 Å². The fourth-order valence-corrected chi connectivity index (χ4v) is 2.01. The molecule has 8 heteroatoms. The minimum atomic E-state index is -1.65. The van der Waals surface area contributed by atoms with E-state index in [0.717, 1.165) is 17.7 Å². The van der Waals surface area contributed by atoms with Gasteiger partial charge in [0.05, 0.1) is 17.3 Å². The summed E-state index contributed by atoms with van der Waals surface area (Å²) in [6.07, 6.45) is 0. The molecule has 0 aliphatic carbocycles. The molecule has 0 unspecified atom stereocenters. The summed E-state index contributed by atoms with van der Waals surface area (Å²) >= 11 is 5.96. The molecule has 0 aromatic heterocycles. The highest BCUT2D eigenvalue weighted by Gasteiger charge is 2.14. The van der Waals surface area contributed by atoms with E-state index in [9.17, 15) is 18.0 Å². The van der Waals surface area contributed by atoms with E-state index in [0.29, 0.717) is 10.8 Å². The molecule has 0 aliphatic rings. The minimum Gasteiger partial charge on any atom is -0.490 e. The van der Waals surface area contributed by atoms with E-state index in [-0.39, 0.29) is 13.2 Å². The monoisotopic (exact) mass is 358 g/mol. The van der Waals surface area contributed by atoms with Crippen molar-refractivity contribution >= 4 is 23.3 Å². The van der Waals surface area contributed by atoms with Gasteiger partial charge in [0.15, 0.2) is 17.5 Å². The van der Waals surface area contributed by atoms with Crippen LogP contribution in [0.3, 0.4) is 0 Å². The summed E-state index contributed by atoms with van der Waals surface area (Å²) in [5, 5.41) is 4.92. The Morgan fingerprint density at radius 2 is 1.92 bits per heavy atom. The molecule has 2 N–H and O–H groups in total. The number of amides is 2. The Morgan fingerprint density at radius 1 is 1.17 bits per heavy atom. The molecular weight excluding hydrogens is 345 g/mol. The zero-order chi connectivity index (χ0) is 17.7. The van der Waals surface area contributed by atoms with Gasteiger partial charge in [-0.15, -0.1) is 0 Å². The zero-order valence-corrected chi connectivity index (χ0v) is 13.4. The van der Waals surface area contributed by atoms with Gasteiger partial charge in [-0.05, 0) is 36.8 Å². The summed E-state index contributed by atoms with van der Waals surface area (Å²) in [5.41, 5.74) is 0.503. The normalized spacial score (nSPS) is 10.4. The molecule has 2 aromatic carbocycles. The molecule has 0 bridgehead atoms. The molecule has 0 heterocycles. The van der Waals surface area contributed by atoms with Crippen LogP contribution in [0.15, 0.2) is 30.3 Å². The molecule has 0 aliphatic heterocycles. The lowest BCUT2D eigenvalue weighted by atomic mass is 10.2. The SMILES string of the molecule is Cc1ccc(Cl)c(OCCNC(=O)Nc2ccc(F)c(F)c2F)c1. The van der Waals surface area contributed by atoms with Crippen LogP contribution in [-0.2, 0) is 0 Å². The van der Waals surface area contributed by atoms with Crippen molar-refractivity contribution in [3.8, 4) is 5.75 Å². The predicted octanol–water partition coefficient (Wildman–Crippen LogP) is 4.27. The summed E-state index contributed by atoms with van der Waals surface area (Å²) < 4.78 is 44.7. The molecule has 0 radical (unpaired) electrons. The fourth-order valence-electron chi connectivity index (χ4n) is 1.84. The van der Waals surface area contributed by atoms with Crippen molar-refractivity contribution in [3.63, 3.8) is 0 Å². The molecule has 2 aromatic rings. The van der Waals surface area contributed by atoms with Gasteiger partial charge in [-0.2, -0.15) is 0 Å². The zero-order valence-electron chi connectivity index (χ0n) is 12.6. The van der Waals surface area contributed by atoms with E-state index in [2.05, 4.69) is 10.6 Å². The van der Waals surface area contributed by atoms with Gasteiger partial charge in [-0.25, -0.2) is 18.0 Å². The van der Waals surface area contributed by atoms with Crippen LogP contribution >= 0.6 is 11.6 Å². The standard InChI is InChI=1S/C16H14ClF3N2O2/c1-9-2-3-10(17)13(8-9)24-7-6-21-16(23)22-12-5-4-11(18)14(19)15(12)20/h2-5,8H,6-7H2,1H3,(H2,21,22,23). The van der Waals surface area contributed by atoms with Crippen molar-refractivity contribution in [2.75, 3.05) is 18.5 Å². The molecule has 0 atom stereocenters. The topological polar surface area (TPSA) is 50.4 Å². The van der Waals surface area contributed by atoms with Crippen LogP contribution < -0.4 is 15.4 Å². The van der Waals surface area contributed by atoms with Crippen LogP contribution in [0.25, 0.3) is 0 Å². The average Bonchev–Trinajstić information content (AvgIpc) is 2.55. The van der Waals surface area contributed by atoms with Crippen LogP contribution in [0, 0.1) is 24.4 Å². The van der Waals surface area contributed by atoms with Crippen LogP contribution in [0.2, 0.25) is 5.02 Å². The first-order chi connectivity index (χ1) is 11.4. The molecule has 2 amide bonds. The Bertz CT molecular complexity index is 756. The van der Waals surface area contributed by atoms with Crippen molar-refractivity contribution in [3.05, 3.63) is 58.4 Å². The molecule has 0 saturated heterocycles. The van der Waals surface area contributed by atoms with Crippen molar-refractivity contribution in [1.82, 2.24) is 5.32 Å². The predicted molar refractivity (Wildman–Crippen MR) is 85.0 cm³/mol. The van der Waals surface area contributed by atoms with Gasteiger partial charge in [0.1, 0.15) is 12.4 Å². The second-order valence-electron chi connectivity index (χ2n) is 4.89. The van der Waals surface area contributed by atoms with E-state index >= 15 is 0 Å². The lowest BCUT2D eigenvalue weighted by molar-refractivity contribution is 0.247. The number of halogens is 4. The van der Waals surface area contributed by atoms with E-state index in [1.54, 1.807) is 12.1 Å². The molecule has 0 saturated carbocycles. The van der Waals surface area contributed by atoms with Crippen LogP contribution in [0.1, 0.15) is 5.56 Å². The number of ether oxygens (including phenoxy) is 1. The highest BCUT2D eigenvalue weighted by molar-refractivity contribution is 6.32. The summed E-state index contributed by atoms with van der Waals surface area (Å²) in [4.78, 5) is 11.6. The number of carbonyl (C=O) groups is 1. The maximum Gasteiger partial charge on any atom is 0.319 e. The van der Waals surface area contributed by atoms with Gasteiger partial charge in [0, 0.05) is 0 Å². The fraction of sp³-hybridized carbons (Fsp3) is 0.188. The molecular formula is C16H14ClF3N2O2. The lowest BCUT2D eigenvalue weighted by Crippen LogP contribution is -2.32. The Kier molecular flexibility index (Phi) is 5.92. The summed E-state index contributed by atoms with van der Waals surface area (Å²) in [6, 6.07) is 6.14. The van der Waals surface area contributed by atoms with Crippen molar-refractivity contribution in [2.45, 2.75) is 6.92 Å². The summed E-state index contributed by atoms with van der Waals surface area (Å²) in [7, 11) is 0. The first-order valence-electron chi connectivity index (χ1n) is 6.96. The maximum atomic E-state index is 13.4. The van der Waals surface area contributed by atoms with Gasteiger partial charge in [-0.3, -0.25) is 0 Å². The van der Waals surface area contributed by atoms with Crippen LogP contribution in [-0.4, -0.2) is 19.2 Å². The second kappa shape index (κ2) is 7.92. The Labute approximate surface area is 141 Å². The highest BCUT2D eigenvalue weighted by Crippen LogP contribution is 2.25. The van der Waals surface area contributed by atoms with Gasteiger partial charge >= 0.3 is 6.03 Å². The van der Waals surface area contributed by atoms with E-state index in [1.807, 2.05) is 13.0 Å². The average molecular weight is 359 g/mol. The summed E-state index contributed by atoms with van der Waals surface area (Å²) in [5.74, 6) is -3.97. The lowest BCUT2D eigenvalue weighted by Gasteiger charge is -2.11. The minimum absolute atomic E-state index is 0.0986. The number of hydrogen-bond acceptors (Lipinski definition) is 2. The van der Waals surface area contributed by atoms with Crippen LogP contribution in [0.4, 0.5) is 23.7 Å². The third kappa shape index (κ3) is 4.55. The van der Waals surface area contributed by atoms with E-state index in [1.165, 1.54) is 0 Å². The molecule has 128 valence electrons. The summed E-state index contributed by atoms with van der Waals surface area (Å²) in [6.45, 7) is 2.10. The second-order valence-corrected chi connectivity index (χ2v) is 5.29. The number of rotatable bonds is 5. The maximum absolute atomic E-state index is 13.4. The smallest absolute Gasteiger partial charge is 0.319 e. The van der Waals surface area contributed by atoms with Gasteiger partial charge in [-0.1, -0.05) is 17.7 Å². The Hall–Kier alpha value is -2.41. The van der Waals surface area contributed by atoms with Crippen LogP contribution in [0.5, 0.6) is 5.75 Å². The first kappa shape index (κ1) is 17.9. The molecule has 0 fully saturated rings. The number of anilines is 1. The van der Waals surface area contributed by atoms with Gasteiger partial charge in [0.25, 0.3) is 0 Å². The number of benzene rings is 2. The first-order valence-corrected chi connectivity index (χ1v) is 7.33. The molecule has 0 spiro atoms. The number of urea groups is 1. The van der Waals surface area contributed by atoms with Crippen molar-refractivity contribution < 1.29 is 22.7 Å². The number of aryl methyl sites for hydroxylation is 1. The molecule has 24 heavy (non-hydrogen) atoms. The quantitative estimate of drug-likeness (QED) is 0.619. The van der Waals surface area contributed by atoms with Gasteiger partial charge < -0.3 is 15.4 Å². The molecule has 2 rings (SSSR count).